The Morgan fingerprint density at radius 2 is 1.62 bits per heavy atom. The third-order valence-electron chi connectivity index (χ3n) is 5.29. The molecule has 1 saturated heterocycles. The molecule has 0 saturated carbocycles. The van der Waals surface area contributed by atoms with Crippen molar-refractivity contribution in [3.8, 4) is 11.3 Å². The van der Waals surface area contributed by atoms with Crippen molar-refractivity contribution in [2.75, 3.05) is 31.1 Å². The molecule has 5 nitrogen and oxygen atoms in total. The number of aryl methyl sites for hydroxylation is 2. The molecule has 148 valence electrons. The molecule has 0 bridgehead atoms. The van der Waals surface area contributed by atoms with Gasteiger partial charge in [-0.2, -0.15) is 0 Å². The SMILES string of the molecule is Cc1ccc(-c2ccc(N3CCN(C(=O)c4ccc(Br)cc4)CC3)nn2)c(C)c1. The maximum Gasteiger partial charge on any atom is 0.253 e. The van der Waals surface area contributed by atoms with Crippen molar-refractivity contribution < 1.29 is 4.79 Å². The molecule has 6 heteroatoms. The van der Waals surface area contributed by atoms with Gasteiger partial charge < -0.3 is 9.80 Å². The lowest BCUT2D eigenvalue weighted by atomic mass is 10.0. The van der Waals surface area contributed by atoms with Crippen LogP contribution in [0.2, 0.25) is 0 Å². The lowest BCUT2D eigenvalue weighted by molar-refractivity contribution is 0.0746. The minimum Gasteiger partial charge on any atom is -0.352 e. The van der Waals surface area contributed by atoms with E-state index in [-0.39, 0.29) is 5.91 Å². The van der Waals surface area contributed by atoms with Crippen molar-refractivity contribution in [1.29, 1.82) is 0 Å². The first kappa shape index (κ1) is 19.6. The Morgan fingerprint density at radius 3 is 2.24 bits per heavy atom. The first-order valence-corrected chi connectivity index (χ1v) is 10.5. The van der Waals surface area contributed by atoms with Crippen LogP contribution >= 0.6 is 15.9 Å². The van der Waals surface area contributed by atoms with E-state index in [1.54, 1.807) is 0 Å². The van der Waals surface area contributed by atoms with E-state index in [0.717, 1.165) is 40.2 Å². The fourth-order valence-corrected chi connectivity index (χ4v) is 3.92. The van der Waals surface area contributed by atoms with Crippen LogP contribution in [0.25, 0.3) is 11.3 Å². The molecule has 0 aliphatic carbocycles. The van der Waals surface area contributed by atoms with E-state index < -0.39 is 0 Å². The summed E-state index contributed by atoms with van der Waals surface area (Å²) in [7, 11) is 0. The van der Waals surface area contributed by atoms with Crippen LogP contribution in [0.4, 0.5) is 5.82 Å². The van der Waals surface area contributed by atoms with Crippen LogP contribution in [-0.4, -0.2) is 47.2 Å². The molecule has 4 rings (SSSR count). The molecular formula is C23H23BrN4O. The first-order valence-electron chi connectivity index (χ1n) is 9.72. The number of hydrogen-bond acceptors (Lipinski definition) is 4. The average Bonchev–Trinajstić information content (AvgIpc) is 2.74. The summed E-state index contributed by atoms with van der Waals surface area (Å²) < 4.78 is 0.974. The lowest BCUT2D eigenvalue weighted by Crippen LogP contribution is -2.49. The molecule has 1 aromatic heterocycles. The number of halogens is 1. The minimum absolute atomic E-state index is 0.0772. The second-order valence-electron chi connectivity index (χ2n) is 7.38. The van der Waals surface area contributed by atoms with Gasteiger partial charge in [-0.15, -0.1) is 10.2 Å². The average molecular weight is 451 g/mol. The Labute approximate surface area is 179 Å². The van der Waals surface area contributed by atoms with Gasteiger partial charge in [0, 0.05) is 41.8 Å². The van der Waals surface area contributed by atoms with Crippen LogP contribution in [0, 0.1) is 13.8 Å². The molecule has 1 amide bonds. The van der Waals surface area contributed by atoms with Crippen LogP contribution < -0.4 is 4.90 Å². The van der Waals surface area contributed by atoms with E-state index in [1.807, 2.05) is 41.3 Å². The van der Waals surface area contributed by atoms with Gasteiger partial charge in [-0.3, -0.25) is 4.79 Å². The number of amides is 1. The normalized spacial score (nSPS) is 14.2. The summed E-state index contributed by atoms with van der Waals surface area (Å²) in [6.07, 6.45) is 0. The van der Waals surface area contributed by atoms with E-state index in [0.29, 0.717) is 13.1 Å². The molecule has 1 aliphatic heterocycles. The number of piperazine rings is 1. The Balaban J connectivity index is 1.41. The monoisotopic (exact) mass is 450 g/mol. The number of hydrogen-bond donors (Lipinski definition) is 0. The third kappa shape index (κ3) is 4.32. The maximum atomic E-state index is 12.7. The Morgan fingerprint density at radius 1 is 0.897 bits per heavy atom. The van der Waals surface area contributed by atoms with E-state index in [9.17, 15) is 4.79 Å². The van der Waals surface area contributed by atoms with Crippen molar-refractivity contribution in [3.63, 3.8) is 0 Å². The maximum absolute atomic E-state index is 12.7. The number of nitrogens with zero attached hydrogens (tertiary/aromatic N) is 4. The standard InChI is InChI=1S/C23H23BrN4O/c1-16-3-8-20(17(2)15-16)21-9-10-22(26-25-21)27-11-13-28(14-12-27)23(29)18-4-6-19(24)7-5-18/h3-10,15H,11-14H2,1-2H3. The molecule has 0 unspecified atom stereocenters. The molecule has 1 aliphatic rings. The van der Waals surface area contributed by atoms with Crippen molar-refractivity contribution in [1.82, 2.24) is 15.1 Å². The summed E-state index contributed by atoms with van der Waals surface area (Å²) >= 11 is 3.41. The summed E-state index contributed by atoms with van der Waals surface area (Å²) in [4.78, 5) is 16.8. The highest BCUT2D eigenvalue weighted by molar-refractivity contribution is 9.10. The van der Waals surface area contributed by atoms with Crippen molar-refractivity contribution in [2.24, 2.45) is 0 Å². The molecule has 1 fully saturated rings. The summed E-state index contributed by atoms with van der Waals surface area (Å²) in [6, 6.07) is 17.9. The van der Waals surface area contributed by atoms with Gasteiger partial charge in [0.1, 0.15) is 0 Å². The van der Waals surface area contributed by atoms with Crippen molar-refractivity contribution in [3.05, 3.63) is 75.8 Å². The van der Waals surface area contributed by atoms with Crippen molar-refractivity contribution >= 4 is 27.7 Å². The second kappa shape index (κ2) is 8.33. The lowest BCUT2D eigenvalue weighted by Gasteiger charge is -2.35. The van der Waals surface area contributed by atoms with Gasteiger partial charge >= 0.3 is 0 Å². The largest absolute Gasteiger partial charge is 0.352 e. The van der Waals surface area contributed by atoms with Gasteiger partial charge in [0.05, 0.1) is 5.69 Å². The van der Waals surface area contributed by atoms with Gasteiger partial charge in [-0.25, -0.2) is 0 Å². The Hall–Kier alpha value is -2.73. The number of rotatable bonds is 3. The minimum atomic E-state index is 0.0772. The smallest absolute Gasteiger partial charge is 0.253 e. The van der Waals surface area contributed by atoms with Gasteiger partial charge in [-0.1, -0.05) is 39.7 Å². The summed E-state index contributed by atoms with van der Waals surface area (Å²) in [5, 5.41) is 8.90. The number of carbonyl (C=O) groups excluding carboxylic acids is 1. The molecule has 0 radical (unpaired) electrons. The van der Waals surface area contributed by atoms with Crippen LogP contribution in [0.1, 0.15) is 21.5 Å². The fraction of sp³-hybridized carbons (Fsp3) is 0.261. The number of aromatic nitrogens is 2. The van der Waals surface area contributed by atoms with E-state index in [4.69, 9.17) is 0 Å². The number of carbonyl (C=O) groups is 1. The van der Waals surface area contributed by atoms with Crippen molar-refractivity contribution in [2.45, 2.75) is 13.8 Å². The summed E-state index contributed by atoms with van der Waals surface area (Å²) in [6.45, 7) is 7.04. The van der Waals surface area contributed by atoms with Gasteiger partial charge in [0.15, 0.2) is 5.82 Å². The van der Waals surface area contributed by atoms with Gasteiger partial charge in [-0.05, 0) is 55.8 Å². The highest BCUT2D eigenvalue weighted by Gasteiger charge is 2.23. The molecule has 0 spiro atoms. The van der Waals surface area contributed by atoms with Crippen LogP contribution in [0.3, 0.4) is 0 Å². The second-order valence-corrected chi connectivity index (χ2v) is 8.30. The van der Waals surface area contributed by atoms with E-state index >= 15 is 0 Å². The topological polar surface area (TPSA) is 49.3 Å². The number of benzene rings is 2. The highest BCUT2D eigenvalue weighted by atomic mass is 79.9. The Bertz CT molecular complexity index is 1010. The zero-order valence-electron chi connectivity index (χ0n) is 16.6. The predicted molar refractivity (Wildman–Crippen MR) is 119 cm³/mol. The molecule has 29 heavy (non-hydrogen) atoms. The van der Waals surface area contributed by atoms with Crippen LogP contribution in [-0.2, 0) is 0 Å². The van der Waals surface area contributed by atoms with Gasteiger partial charge in [0.2, 0.25) is 0 Å². The van der Waals surface area contributed by atoms with E-state index in [1.165, 1.54) is 11.1 Å². The van der Waals surface area contributed by atoms with E-state index in [2.05, 4.69) is 63.1 Å². The third-order valence-corrected chi connectivity index (χ3v) is 5.82. The quantitative estimate of drug-likeness (QED) is 0.589. The predicted octanol–water partition coefficient (Wildman–Crippen LogP) is 4.49. The highest BCUT2D eigenvalue weighted by Crippen LogP contribution is 2.23. The molecule has 2 aromatic carbocycles. The summed E-state index contributed by atoms with van der Waals surface area (Å²) in [5.41, 5.74) is 5.16. The first-order chi connectivity index (χ1) is 14.0. The molecule has 0 atom stereocenters. The molecule has 3 aromatic rings. The molecule has 0 N–H and O–H groups in total. The van der Waals surface area contributed by atoms with Gasteiger partial charge in [0.25, 0.3) is 5.91 Å². The zero-order chi connectivity index (χ0) is 20.4. The number of anilines is 1. The zero-order valence-corrected chi connectivity index (χ0v) is 18.2. The van der Waals surface area contributed by atoms with Crippen LogP contribution in [0.15, 0.2) is 59.1 Å². The fourth-order valence-electron chi connectivity index (χ4n) is 3.65. The Kier molecular flexibility index (Phi) is 5.62. The van der Waals surface area contributed by atoms with Crippen LogP contribution in [0.5, 0.6) is 0 Å². The summed E-state index contributed by atoms with van der Waals surface area (Å²) in [5.74, 6) is 0.933. The molecule has 2 heterocycles. The molecular weight excluding hydrogens is 428 g/mol.